The summed E-state index contributed by atoms with van der Waals surface area (Å²) in [5, 5.41) is 3.47. The maximum atomic E-state index is 3.47. The summed E-state index contributed by atoms with van der Waals surface area (Å²) in [7, 11) is 0. The van der Waals surface area contributed by atoms with Crippen molar-refractivity contribution in [1.82, 2.24) is 10.2 Å². The molecule has 0 aromatic heterocycles. The molecule has 0 aliphatic carbocycles. The topological polar surface area (TPSA) is 15.3 Å². The first-order chi connectivity index (χ1) is 5.75. The molecule has 0 spiro atoms. The lowest BCUT2D eigenvalue weighted by atomic mass is 10.0. The van der Waals surface area contributed by atoms with Gasteiger partial charge in [-0.15, -0.1) is 0 Å². The second-order valence-electron chi connectivity index (χ2n) is 4.79. The van der Waals surface area contributed by atoms with E-state index < -0.39 is 0 Å². The predicted octanol–water partition coefficient (Wildman–Crippen LogP) is 0.794. The number of likely N-dealkylation sites (tertiary alicyclic amines) is 1. The number of nitrogens with one attached hydrogen (secondary N) is 1. The van der Waals surface area contributed by atoms with Gasteiger partial charge in [-0.25, -0.2) is 0 Å². The number of fused-ring (bicyclic) bond motifs is 1. The van der Waals surface area contributed by atoms with Crippen LogP contribution in [0.5, 0.6) is 0 Å². The van der Waals surface area contributed by atoms with Crippen LogP contribution in [0.1, 0.15) is 13.8 Å². The second-order valence-corrected chi connectivity index (χ2v) is 4.79. The Morgan fingerprint density at radius 3 is 2.33 bits per heavy atom. The van der Waals surface area contributed by atoms with Crippen LogP contribution < -0.4 is 5.32 Å². The van der Waals surface area contributed by atoms with E-state index in [-0.39, 0.29) is 0 Å². The average molecular weight is 168 g/mol. The van der Waals surface area contributed by atoms with Gasteiger partial charge >= 0.3 is 0 Å². The van der Waals surface area contributed by atoms with E-state index in [0.717, 1.165) is 17.8 Å². The van der Waals surface area contributed by atoms with Gasteiger partial charge in [0, 0.05) is 19.6 Å². The summed E-state index contributed by atoms with van der Waals surface area (Å²) in [4.78, 5) is 2.64. The van der Waals surface area contributed by atoms with Gasteiger partial charge in [0.25, 0.3) is 0 Å². The first-order valence-corrected chi connectivity index (χ1v) is 5.19. The van der Waals surface area contributed by atoms with Crippen molar-refractivity contribution in [3.63, 3.8) is 0 Å². The molecule has 0 amide bonds. The quantitative estimate of drug-likeness (QED) is 0.656. The van der Waals surface area contributed by atoms with E-state index in [9.17, 15) is 0 Å². The van der Waals surface area contributed by atoms with Crippen LogP contribution in [-0.2, 0) is 0 Å². The Balaban J connectivity index is 1.82. The monoisotopic (exact) mass is 168 g/mol. The Morgan fingerprint density at radius 2 is 1.83 bits per heavy atom. The first kappa shape index (κ1) is 8.52. The van der Waals surface area contributed by atoms with E-state index >= 15 is 0 Å². The zero-order valence-corrected chi connectivity index (χ0v) is 8.21. The normalized spacial score (nSPS) is 36.2. The second kappa shape index (κ2) is 3.35. The van der Waals surface area contributed by atoms with Crippen molar-refractivity contribution in [3.05, 3.63) is 0 Å². The molecule has 2 heterocycles. The molecule has 2 rings (SSSR count). The van der Waals surface area contributed by atoms with Gasteiger partial charge in [0.2, 0.25) is 0 Å². The van der Waals surface area contributed by atoms with E-state index in [4.69, 9.17) is 0 Å². The van der Waals surface area contributed by atoms with E-state index in [1.54, 1.807) is 0 Å². The molecular formula is C10H20N2. The summed E-state index contributed by atoms with van der Waals surface area (Å²) in [6.45, 7) is 11.1. The lowest BCUT2D eigenvalue weighted by molar-refractivity contribution is 0.278. The Bertz CT molecular complexity index is 144. The van der Waals surface area contributed by atoms with Crippen molar-refractivity contribution in [2.45, 2.75) is 13.8 Å². The van der Waals surface area contributed by atoms with Crippen molar-refractivity contribution >= 4 is 0 Å². The van der Waals surface area contributed by atoms with Crippen LogP contribution in [0.15, 0.2) is 0 Å². The van der Waals surface area contributed by atoms with Gasteiger partial charge in [-0.05, 0) is 30.8 Å². The van der Waals surface area contributed by atoms with Crippen molar-refractivity contribution in [3.8, 4) is 0 Å². The molecule has 0 aromatic rings. The number of nitrogens with zero attached hydrogens (tertiary/aromatic N) is 1. The first-order valence-electron chi connectivity index (χ1n) is 5.19. The standard InChI is InChI=1S/C10H20N2/c1-8(2)5-12-6-9-3-11-4-10(9)7-12/h8-11H,3-7H2,1-2H3. The molecule has 12 heavy (non-hydrogen) atoms. The maximum absolute atomic E-state index is 3.47. The third-order valence-corrected chi connectivity index (χ3v) is 3.09. The van der Waals surface area contributed by atoms with Crippen molar-refractivity contribution in [2.24, 2.45) is 17.8 Å². The van der Waals surface area contributed by atoms with E-state index in [1.807, 2.05) is 0 Å². The van der Waals surface area contributed by atoms with Crippen LogP contribution in [0.2, 0.25) is 0 Å². The molecule has 0 saturated carbocycles. The van der Waals surface area contributed by atoms with Crippen LogP contribution in [0.3, 0.4) is 0 Å². The van der Waals surface area contributed by atoms with Crippen molar-refractivity contribution in [1.29, 1.82) is 0 Å². The van der Waals surface area contributed by atoms with Gasteiger partial charge in [0.15, 0.2) is 0 Å². The smallest absolute Gasteiger partial charge is 0.00257 e. The molecule has 2 fully saturated rings. The Morgan fingerprint density at radius 1 is 1.25 bits per heavy atom. The molecule has 2 unspecified atom stereocenters. The molecule has 2 atom stereocenters. The van der Waals surface area contributed by atoms with Crippen molar-refractivity contribution < 1.29 is 0 Å². The fraction of sp³-hybridized carbons (Fsp3) is 1.00. The Kier molecular flexibility index (Phi) is 2.37. The van der Waals surface area contributed by atoms with E-state index in [2.05, 4.69) is 24.1 Å². The molecular weight excluding hydrogens is 148 g/mol. The fourth-order valence-corrected chi connectivity index (χ4v) is 2.62. The zero-order chi connectivity index (χ0) is 8.55. The summed E-state index contributed by atoms with van der Waals surface area (Å²) >= 11 is 0. The lowest BCUT2D eigenvalue weighted by Gasteiger charge is -2.18. The summed E-state index contributed by atoms with van der Waals surface area (Å²) in [6.07, 6.45) is 0. The minimum absolute atomic E-state index is 0.830. The summed E-state index contributed by atoms with van der Waals surface area (Å²) < 4.78 is 0. The van der Waals surface area contributed by atoms with Crippen LogP contribution >= 0.6 is 0 Å². The minimum Gasteiger partial charge on any atom is -0.316 e. The van der Waals surface area contributed by atoms with E-state index in [0.29, 0.717) is 0 Å². The highest BCUT2D eigenvalue weighted by atomic mass is 15.2. The number of hydrogen-bond donors (Lipinski definition) is 1. The molecule has 2 aliphatic rings. The average Bonchev–Trinajstić information content (AvgIpc) is 2.43. The zero-order valence-electron chi connectivity index (χ0n) is 8.21. The van der Waals surface area contributed by atoms with Crippen LogP contribution in [0.25, 0.3) is 0 Å². The van der Waals surface area contributed by atoms with Crippen LogP contribution in [-0.4, -0.2) is 37.6 Å². The minimum atomic E-state index is 0.830. The molecule has 70 valence electrons. The molecule has 0 bridgehead atoms. The molecule has 0 aromatic carbocycles. The summed E-state index contributed by atoms with van der Waals surface area (Å²) in [6, 6.07) is 0. The Hall–Kier alpha value is -0.0800. The summed E-state index contributed by atoms with van der Waals surface area (Å²) in [5.41, 5.74) is 0. The van der Waals surface area contributed by atoms with Gasteiger partial charge in [-0.3, -0.25) is 0 Å². The highest BCUT2D eigenvalue weighted by Crippen LogP contribution is 2.26. The fourth-order valence-electron chi connectivity index (χ4n) is 2.62. The van der Waals surface area contributed by atoms with Gasteiger partial charge in [-0.2, -0.15) is 0 Å². The molecule has 2 nitrogen and oxygen atoms in total. The predicted molar refractivity (Wildman–Crippen MR) is 51.1 cm³/mol. The third-order valence-electron chi connectivity index (χ3n) is 3.09. The number of rotatable bonds is 2. The van der Waals surface area contributed by atoms with Crippen molar-refractivity contribution in [2.75, 3.05) is 32.7 Å². The van der Waals surface area contributed by atoms with E-state index in [1.165, 1.54) is 32.7 Å². The van der Waals surface area contributed by atoms with Gasteiger partial charge in [0.1, 0.15) is 0 Å². The number of hydrogen-bond acceptors (Lipinski definition) is 2. The van der Waals surface area contributed by atoms with Gasteiger partial charge in [-0.1, -0.05) is 13.8 Å². The van der Waals surface area contributed by atoms with Crippen LogP contribution in [0.4, 0.5) is 0 Å². The van der Waals surface area contributed by atoms with Gasteiger partial charge < -0.3 is 10.2 Å². The molecule has 2 saturated heterocycles. The summed E-state index contributed by atoms with van der Waals surface area (Å²) in [5.74, 6) is 2.75. The maximum Gasteiger partial charge on any atom is 0.00257 e. The highest BCUT2D eigenvalue weighted by Gasteiger charge is 2.35. The Labute approximate surface area is 75.3 Å². The largest absolute Gasteiger partial charge is 0.316 e. The third kappa shape index (κ3) is 1.64. The molecule has 2 aliphatic heterocycles. The lowest BCUT2D eigenvalue weighted by Crippen LogP contribution is -2.28. The highest BCUT2D eigenvalue weighted by molar-refractivity contribution is 4.91. The molecule has 2 heteroatoms. The van der Waals surface area contributed by atoms with Crippen LogP contribution in [0, 0.1) is 17.8 Å². The van der Waals surface area contributed by atoms with Gasteiger partial charge in [0.05, 0.1) is 0 Å². The molecule has 0 radical (unpaired) electrons. The molecule has 1 N–H and O–H groups in total. The SMILES string of the molecule is CC(C)CN1CC2CNCC2C1.